The van der Waals surface area contributed by atoms with Crippen LogP contribution < -0.4 is 0 Å². The lowest BCUT2D eigenvalue weighted by molar-refractivity contribution is -0.134. The van der Waals surface area contributed by atoms with Gasteiger partial charge >= 0.3 is 0 Å². The molecule has 22 heavy (non-hydrogen) atoms. The highest BCUT2D eigenvalue weighted by Gasteiger charge is 2.30. The average molecular weight is 300 g/mol. The number of aryl methyl sites for hydroxylation is 1. The molecule has 1 fully saturated rings. The number of benzene rings is 1. The van der Waals surface area contributed by atoms with Crippen LogP contribution >= 0.6 is 0 Å². The fourth-order valence-electron chi connectivity index (χ4n) is 3.68. The lowest BCUT2D eigenvalue weighted by atomic mass is 9.82. The first-order valence-electron chi connectivity index (χ1n) is 8.29. The summed E-state index contributed by atoms with van der Waals surface area (Å²) >= 11 is 0. The molecule has 1 heterocycles. The topological polar surface area (TPSA) is 40.6 Å². The number of nitrogens with zero attached hydrogens (tertiary/aromatic N) is 2. The third kappa shape index (κ3) is 3.01. The third-order valence-electron chi connectivity index (χ3n) is 4.92. The van der Waals surface area contributed by atoms with Crippen LogP contribution in [0.25, 0.3) is 0 Å². The van der Waals surface area contributed by atoms with Crippen molar-refractivity contribution < 1.29 is 9.59 Å². The van der Waals surface area contributed by atoms with Gasteiger partial charge in [0.25, 0.3) is 0 Å². The van der Waals surface area contributed by atoms with Gasteiger partial charge in [0.2, 0.25) is 11.8 Å². The summed E-state index contributed by atoms with van der Waals surface area (Å²) in [4.78, 5) is 28.3. The molecule has 0 saturated carbocycles. The molecule has 0 unspecified atom stereocenters. The summed E-state index contributed by atoms with van der Waals surface area (Å²) in [6.45, 7) is 4.46. The van der Waals surface area contributed by atoms with Gasteiger partial charge in [0.1, 0.15) is 0 Å². The van der Waals surface area contributed by atoms with Gasteiger partial charge in [-0.3, -0.25) is 9.59 Å². The average Bonchev–Trinajstić information content (AvgIpc) is 2.80. The maximum absolute atomic E-state index is 13.0. The molecule has 1 atom stereocenters. The second kappa shape index (κ2) is 6.51. The zero-order valence-electron chi connectivity index (χ0n) is 13.3. The minimum Gasteiger partial charge on any atom is -0.341 e. The molecule has 118 valence electrons. The number of hydrogen-bond acceptors (Lipinski definition) is 2. The van der Waals surface area contributed by atoms with E-state index in [1.165, 1.54) is 11.1 Å². The van der Waals surface area contributed by atoms with E-state index < -0.39 is 0 Å². The minimum atomic E-state index is 0.00817. The number of rotatable bonds is 1. The number of hydrogen-bond donors (Lipinski definition) is 0. The van der Waals surface area contributed by atoms with Gasteiger partial charge in [-0.15, -0.1) is 0 Å². The Morgan fingerprint density at radius 3 is 2.55 bits per heavy atom. The molecule has 3 rings (SSSR count). The third-order valence-corrected chi connectivity index (χ3v) is 4.92. The monoisotopic (exact) mass is 300 g/mol. The van der Waals surface area contributed by atoms with E-state index in [4.69, 9.17) is 0 Å². The standard InChI is InChI=1S/C18H24N2O2/c1-14(21)19-10-5-11-20(13-12-19)18(22)17-9-4-7-15-6-2-3-8-16(15)17/h2-3,6,8,17H,4-5,7,9-13H2,1H3/t17-/m1/s1. The van der Waals surface area contributed by atoms with E-state index in [-0.39, 0.29) is 17.7 Å². The van der Waals surface area contributed by atoms with E-state index in [9.17, 15) is 9.59 Å². The van der Waals surface area contributed by atoms with Crippen molar-refractivity contribution in [2.45, 2.75) is 38.5 Å². The van der Waals surface area contributed by atoms with Gasteiger partial charge in [-0.25, -0.2) is 0 Å². The Morgan fingerprint density at radius 1 is 1.00 bits per heavy atom. The molecular weight excluding hydrogens is 276 g/mol. The summed E-state index contributed by atoms with van der Waals surface area (Å²) in [7, 11) is 0. The SMILES string of the molecule is CC(=O)N1CCCN(C(=O)[C@@H]2CCCc3ccccc32)CC1. The zero-order valence-corrected chi connectivity index (χ0v) is 13.3. The highest BCUT2D eigenvalue weighted by Crippen LogP contribution is 2.33. The van der Waals surface area contributed by atoms with Crippen LogP contribution in [0.5, 0.6) is 0 Å². The maximum Gasteiger partial charge on any atom is 0.230 e. The summed E-state index contributed by atoms with van der Waals surface area (Å²) in [6.07, 6.45) is 3.99. The van der Waals surface area contributed by atoms with Crippen LogP contribution in [0.1, 0.15) is 43.2 Å². The van der Waals surface area contributed by atoms with Crippen LogP contribution in [-0.4, -0.2) is 47.8 Å². The number of carbonyl (C=O) groups excluding carboxylic acids is 2. The lowest BCUT2D eigenvalue weighted by Crippen LogP contribution is -2.39. The molecule has 1 aliphatic heterocycles. The molecule has 2 amide bonds. The first-order chi connectivity index (χ1) is 10.7. The predicted molar refractivity (Wildman–Crippen MR) is 85.6 cm³/mol. The predicted octanol–water partition coefficient (Wildman–Crippen LogP) is 2.19. The Labute approximate surface area is 132 Å². The molecular formula is C18H24N2O2. The first kappa shape index (κ1) is 15.1. The van der Waals surface area contributed by atoms with Crippen LogP contribution in [0.3, 0.4) is 0 Å². The maximum atomic E-state index is 13.0. The molecule has 1 aromatic rings. The Bertz CT molecular complexity index is 570. The van der Waals surface area contributed by atoms with E-state index >= 15 is 0 Å². The van der Waals surface area contributed by atoms with Gasteiger partial charge in [-0.05, 0) is 36.8 Å². The van der Waals surface area contributed by atoms with E-state index in [0.717, 1.165) is 38.8 Å². The fourth-order valence-corrected chi connectivity index (χ4v) is 3.68. The van der Waals surface area contributed by atoms with Crippen molar-refractivity contribution in [2.24, 2.45) is 0 Å². The summed E-state index contributed by atoms with van der Waals surface area (Å²) in [5.74, 6) is 0.365. The molecule has 0 radical (unpaired) electrons. The van der Waals surface area contributed by atoms with E-state index in [1.54, 1.807) is 6.92 Å². The van der Waals surface area contributed by atoms with E-state index in [0.29, 0.717) is 13.1 Å². The second-order valence-electron chi connectivity index (χ2n) is 6.33. The van der Waals surface area contributed by atoms with Crippen molar-refractivity contribution in [1.29, 1.82) is 0 Å². The van der Waals surface area contributed by atoms with Crippen molar-refractivity contribution in [3.63, 3.8) is 0 Å². The molecule has 0 aromatic heterocycles. The molecule has 1 aliphatic carbocycles. The Kier molecular flexibility index (Phi) is 4.46. The fraction of sp³-hybridized carbons (Fsp3) is 0.556. The van der Waals surface area contributed by atoms with Gasteiger partial charge in [-0.1, -0.05) is 24.3 Å². The quantitative estimate of drug-likeness (QED) is 0.797. The summed E-state index contributed by atoms with van der Waals surface area (Å²) in [5, 5.41) is 0. The largest absolute Gasteiger partial charge is 0.341 e. The molecule has 4 nitrogen and oxygen atoms in total. The number of amides is 2. The van der Waals surface area contributed by atoms with Gasteiger partial charge in [0.05, 0.1) is 5.92 Å². The highest BCUT2D eigenvalue weighted by atomic mass is 16.2. The first-order valence-corrected chi connectivity index (χ1v) is 8.29. The van der Waals surface area contributed by atoms with Gasteiger partial charge < -0.3 is 9.80 Å². The Balaban J connectivity index is 1.73. The molecule has 2 aliphatic rings. The van der Waals surface area contributed by atoms with Crippen LogP contribution in [0.4, 0.5) is 0 Å². The van der Waals surface area contributed by atoms with Crippen molar-refractivity contribution in [2.75, 3.05) is 26.2 Å². The normalized spacial score (nSPS) is 22.0. The van der Waals surface area contributed by atoms with Crippen LogP contribution in [0.15, 0.2) is 24.3 Å². The highest BCUT2D eigenvalue weighted by molar-refractivity contribution is 5.84. The summed E-state index contributed by atoms with van der Waals surface area (Å²) in [6, 6.07) is 8.35. The molecule has 1 aromatic carbocycles. The van der Waals surface area contributed by atoms with Crippen LogP contribution in [-0.2, 0) is 16.0 Å². The minimum absolute atomic E-state index is 0.00817. The Hall–Kier alpha value is -1.84. The second-order valence-corrected chi connectivity index (χ2v) is 6.33. The van der Waals surface area contributed by atoms with Gasteiger partial charge in [-0.2, -0.15) is 0 Å². The number of fused-ring (bicyclic) bond motifs is 1. The van der Waals surface area contributed by atoms with Gasteiger partial charge in [0, 0.05) is 33.1 Å². The summed E-state index contributed by atoms with van der Waals surface area (Å²) in [5.41, 5.74) is 2.54. The van der Waals surface area contributed by atoms with E-state index in [2.05, 4.69) is 18.2 Å². The summed E-state index contributed by atoms with van der Waals surface area (Å²) < 4.78 is 0. The molecule has 0 spiro atoms. The molecule has 0 bridgehead atoms. The smallest absolute Gasteiger partial charge is 0.230 e. The Morgan fingerprint density at radius 2 is 1.73 bits per heavy atom. The van der Waals surface area contributed by atoms with Crippen molar-refractivity contribution in [3.8, 4) is 0 Å². The van der Waals surface area contributed by atoms with E-state index in [1.807, 2.05) is 15.9 Å². The van der Waals surface area contributed by atoms with Crippen molar-refractivity contribution >= 4 is 11.8 Å². The molecule has 0 N–H and O–H groups in total. The number of carbonyl (C=O) groups is 2. The van der Waals surface area contributed by atoms with Gasteiger partial charge in [0.15, 0.2) is 0 Å². The van der Waals surface area contributed by atoms with Crippen LogP contribution in [0.2, 0.25) is 0 Å². The zero-order chi connectivity index (χ0) is 15.5. The molecule has 4 heteroatoms. The molecule has 1 saturated heterocycles. The van der Waals surface area contributed by atoms with Crippen LogP contribution in [0, 0.1) is 0 Å². The van der Waals surface area contributed by atoms with Crippen molar-refractivity contribution in [3.05, 3.63) is 35.4 Å². The lowest BCUT2D eigenvalue weighted by Gasteiger charge is -2.30. The van der Waals surface area contributed by atoms with Crippen molar-refractivity contribution in [1.82, 2.24) is 9.80 Å².